The lowest BCUT2D eigenvalue weighted by molar-refractivity contribution is 0.184. The molecule has 4 heteroatoms. The highest BCUT2D eigenvalue weighted by Crippen LogP contribution is 2.24. The van der Waals surface area contributed by atoms with Gasteiger partial charge >= 0.3 is 0 Å². The van der Waals surface area contributed by atoms with Gasteiger partial charge in [-0.25, -0.2) is 0 Å². The number of hydrogen-bond acceptors (Lipinski definition) is 2. The van der Waals surface area contributed by atoms with E-state index < -0.39 is 0 Å². The van der Waals surface area contributed by atoms with Crippen LogP contribution in [0, 0.1) is 0 Å². The van der Waals surface area contributed by atoms with Crippen LogP contribution in [0.2, 0.25) is 0 Å². The Balaban J connectivity index is 3.09. The summed E-state index contributed by atoms with van der Waals surface area (Å²) in [5, 5.41) is 0. The molecule has 0 spiro atoms. The van der Waals surface area contributed by atoms with E-state index in [0.29, 0.717) is 6.61 Å². The quantitative estimate of drug-likeness (QED) is 0.830. The summed E-state index contributed by atoms with van der Waals surface area (Å²) in [6, 6.07) is 5.89. The summed E-state index contributed by atoms with van der Waals surface area (Å²) in [6.07, 6.45) is 1.98. The molecular weight excluding hydrogens is 324 g/mol. The molecule has 0 heterocycles. The van der Waals surface area contributed by atoms with E-state index >= 15 is 0 Å². The molecule has 0 aliphatic rings. The maximum Gasteiger partial charge on any atom is 0.119 e. The van der Waals surface area contributed by atoms with Crippen molar-refractivity contribution in [2.75, 3.05) is 14.2 Å². The van der Waals surface area contributed by atoms with Gasteiger partial charge in [0.15, 0.2) is 0 Å². The van der Waals surface area contributed by atoms with Crippen LogP contribution in [0.1, 0.15) is 11.1 Å². The number of methoxy groups -OCH3 is 2. The highest BCUT2D eigenvalue weighted by Gasteiger charge is 2.02. The fourth-order valence-electron chi connectivity index (χ4n) is 1.25. The Morgan fingerprint density at radius 2 is 2.07 bits per heavy atom. The van der Waals surface area contributed by atoms with E-state index in [0.717, 1.165) is 20.3 Å². The van der Waals surface area contributed by atoms with Gasteiger partial charge in [0.25, 0.3) is 0 Å². The van der Waals surface area contributed by atoms with E-state index in [1.807, 2.05) is 24.3 Å². The zero-order chi connectivity index (χ0) is 11.3. The summed E-state index contributed by atoms with van der Waals surface area (Å²) >= 11 is 6.68. The van der Waals surface area contributed by atoms with Gasteiger partial charge in [0.1, 0.15) is 5.75 Å². The minimum Gasteiger partial charge on any atom is -0.497 e. The van der Waals surface area contributed by atoms with E-state index in [1.165, 1.54) is 0 Å². The second kappa shape index (κ2) is 6.30. The van der Waals surface area contributed by atoms with Crippen LogP contribution in [0.5, 0.6) is 5.75 Å². The minimum atomic E-state index is 0.566. The van der Waals surface area contributed by atoms with Gasteiger partial charge in [-0.15, -0.1) is 0 Å². The molecular formula is C11H12Br2O2. The van der Waals surface area contributed by atoms with Crippen molar-refractivity contribution in [3.8, 4) is 5.75 Å². The zero-order valence-electron chi connectivity index (χ0n) is 8.59. The molecule has 2 nitrogen and oxygen atoms in total. The third-order valence-electron chi connectivity index (χ3n) is 1.91. The monoisotopic (exact) mass is 334 g/mol. The van der Waals surface area contributed by atoms with Crippen molar-refractivity contribution in [2.24, 2.45) is 0 Å². The van der Waals surface area contributed by atoms with Crippen molar-refractivity contribution < 1.29 is 9.47 Å². The first kappa shape index (κ1) is 12.7. The largest absolute Gasteiger partial charge is 0.497 e. The zero-order valence-corrected chi connectivity index (χ0v) is 11.8. The van der Waals surface area contributed by atoms with Crippen LogP contribution in [0.3, 0.4) is 0 Å². The van der Waals surface area contributed by atoms with Crippen LogP contribution in [-0.4, -0.2) is 14.2 Å². The van der Waals surface area contributed by atoms with Crippen molar-refractivity contribution in [1.82, 2.24) is 0 Å². The second-order valence-corrected chi connectivity index (χ2v) is 5.70. The molecule has 0 aliphatic carbocycles. The Labute approximate surface area is 107 Å². The first-order valence-corrected chi connectivity index (χ1v) is 5.94. The highest BCUT2D eigenvalue weighted by molar-refractivity contribution is 9.28. The smallest absolute Gasteiger partial charge is 0.119 e. The van der Waals surface area contributed by atoms with Crippen LogP contribution >= 0.6 is 31.9 Å². The topological polar surface area (TPSA) is 18.5 Å². The van der Waals surface area contributed by atoms with Crippen LogP contribution in [-0.2, 0) is 11.3 Å². The van der Waals surface area contributed by atoms with Crippen LogP contribution in [0.25, 0.3) is 6.08 Å². The summed E-state index contributed by atoms with van der Waals surface area (Å²) < 4.78 is 11.2. The van der Waals surface area contributed by atoms with Crippen molar-refractivity contribution in [2.45, 2.75) is 6.61 Å². The number of benzene rings is 1. The Kier molecular flexibility index (Phi) is 5.36. The van der Waals surface area contributed by atoms with Crippen LogP contribution in [0.15, 0.2) is 21.6 Å². The van der Waals surface area contributed by atoms with Gasteiger partial charge in [-0.2, -0.15) is 0 Å². The molecule has 1 rings (SSSR count). The molecule has 15 heavy (non-hydrogen) atoms. The Morgan fingerprint density at radius 3 is 2.60 bits per heavy atom. The summed E-state index contributed by atoms with van der Waals surface area (Å²) in [6.45, 7) is 0.566. The molecule has 82 valence electrons. The Morgan fingerprint density at radius 1 is 1.33 bits per heavy atom. The van der Waals surface area contributed by atoms with Gasteiger partial charge in [0.2, 0.25) is 0 Å². The number of halogens is 2. The van der Waals surface area contributed by atoms with Gasteiger partial charge in [-0.1, -0.05) is 6.07 Å². The number of hydrogen-bond donors (Lipinski definition) is 0. The fraction of sp³-hybridized carbons (Fsp3) is 0.273. The molecule has 0 saturated heterocycles. The summed E-state index contributed by atoms with van der Waals surface area (Å²) in [5.41, 5.74) is 2.19. The average molecular weight is 336 g/mol. The SMILES string of the molecule is COCc1cc(OC)ccc1C=C(Br)Br. The van der Waals surface area contributed by atoms with Crippen LogP contribution < -0.4 is 4.74 Å². The average Bonchev–Trinajstić information content (AvgIpc) is 2.20. The predicted octanol–water partition coefficient (Wildman–Crippen LogP) is 3.93. The summed E-state index contributed by atoms with van der Waals surface area (Å²) in [7, 11) is 3.33. The van der Waals surface area contributed by atoms with E-state index in [1.54, 1.807) is 14.2 Å². The molecule has 1 aromatic rings. The minimum absolute atomic E-state index is 0.566. The number of ether oxygens (including phenoxy) is 2. The molecule has 0 unspecified atom stereocenters. The fourth-order valence-corrected chi connectivity index (χ4v) is 1.74. The first-order valence-electron chi connectivity index (χ1n) is 4.36. The molecule has 0 N–H and O–H groups in total. The molecule has 0 atom stereocenters. The van der Waals surface area contributed by atoms with Crippen LogP contribution in [0.4, 0.5) is 0 Å². The Hall–Kier alpha value is -0.320. The van der Waals surface area contributed by atoms with Gasteiger partial charge in [0.05, 0.1) is 17.1 Å². The van der Waals surface area contributed by atoms with Gasteiger partial charge in [0, 0.05) is 7.11 Å². The maximum absolute atomic E-state index is 5.16. The molecule has 1 aromatic carbocycles. The van der Waals surface area contributed by atoms with Gasteiger partial charge < -0.3 is 9.47 Å². The third-order valence-corrected chi connectivity index (χ3v) is 2.37. The predicted molar refractivity (Wildman–Crippen MR) is 69.5 cm³/mol. The molecule has 0 fully saturated rings. The molecule has 0 aromatic heterocycles. The lowest BCUT2D eigenvalue weighted by Gasteiger charge is -2.07. The van der Waals surface area contributed by atoms with Crippen molar-refractivity contribution in [1.29, 1.82) is 0 Å². The lowest BCUT2D eigenvalue weighted by Crippen LogP contribution is -1.93. The number of rotatable bonds is 4. The first-order chi connectivity index (χ1) is 7.17. The normalized spacial score (nSPS) is 9.87. The molecule has 0 amide bonds. The van der Waals surface area contributed by atoms with Crippen molar-refractivity contribution in [3.63, 3.8) is 0 Å². The van der Waals surface area contributed by atoms with Crippen molar-refractivity contribution in [3.05, 3.63) is 32.7 Å². The van der Waals surface area contributed by atoms with Gasteiger partial charge in [-0.05, 0) is 61.2 Å². The highest BCUT2D eigenvalue weighted by atomic mass is 79.9. The maximum atomic E-state index is 5.16. The second-order valence-electron chi connectivity index (χ2n) is 2.93. The summed E-state index contributed by atoms with van der Waals surface area (Å²) in [4.78, 5) is 0. The third kappa shape index (κ3) is 3.97. The summed E-state index contributed by atoms with van der Waals surface area (Å²) in [5.74, 6) is 0.838. The van der Waals surface area contributed by atoms with E-state index in [4.69, 9.17) is 9.47 Å². The van der Waals surface area contributed by atoms with E-state index in [2.05, 4.69) is 31.9 Å². The lowest BCUT2D eigenvalue weighted by atomic mass is 10.1. The molecule has 0 saturated carbocycles. The van der Waals surface area contributed by atoms with E-state index in [9.17, 15) is 0 Å². The van der Waals surface area contributed by atoms with Crippen molar-refractivity contribution >= 4 is 37.9 Å². The van der Waals surface area contributed by atoms with E-state index in [-0.39, 0.29) is 0 Å². The molecule has 0 radical (unpaired) electrons. The standard InChI is InChI=1S/C11H12Br2O2/c1-14-7-9-5-10(15-2)4-3-8(9)6-11(12)13/h3-6H,7H2,1-2H3. The van der Waals surface area contributed by atoms with Gasteiger partial charge in [-0.3, -0.25) is 0 Å². The molecule has 0 bridgehead atoms. The Bertz CT molecular complexity index is 358. The molecule has 0 aliphatic heterocycles.